The van der Waals surface area contributed by atoms with Crippen molar-refractivity contribution >= 4 is 15.8 Å². The van der Waals surface area contributed by atoms with Crippen LogP contribution < -0.4 is 8.92 Å². The Balaban J connectivity index is 2.38. The number of ether oxygens (including phenoxy) is 1. The van der Waals surface area contributed by atoms with E-state index in [1.54, 1.807) is 6.92 Å². The van der Waals surface area contributed by atoms with E-state index in [0.29, 0.717) is 11.6 Å². The molecule has 0 fully saturated rings. The van der Waals surface area contributed by atoms with E-state index in [9.17, 15) is 31.7 Å². The maximum absolute atomic E-state index is 12.2. The van der Waals surface area contributed by atoms with Crippen molar-refractivity contribution in [2.75, 3.05) is 0 Å². The highest BCUT2D eigenvalue weighted by atomic mass is 32.2. The topological polar surface area (TPSA) is 95.7 Å². The second-order valence-electron chi connectivity index (χ2n) is 4.79. The monoisotopic (exact) mass is 377 g/mol. The molecule has 0 amide bonds. The van der Waals surface area contributed by atoms with Crippen LogP contribution in [-0.2, 0) is 10.1 Å². The summed E-state index contributed by atoms with van der Waals surface area (Å²) in [6.07, 6.45) is -5.00. The number of alkyl halides is 3. The van der Waals surface area contributed by atoms with E-state index in [1.807, 2.05) is 0 Å². The van der Waals surface area contributed by atoms with E-state index >= 15 is 0 Å². The number of hydrogen-bond acceptors (Lipinski definition) is 6. The zero-order valence-corrected chi connectivity index (χ0v) is 13.3. The maximum atomic E-state index is 12.2. The second kappa shape index (κ2) is 6.59. The molecule has 0 saturated heterocycles. The predicted molar refractivity (Wildman–Crippen MR) is 78.8 cm³/mol. The maximum Gasteiger partial charge on any atom is 0.573 e. The third-order valence-electron chi connectivity index (χ3n) is 2.84. The number of nitro benzene ring substituents is 1. The van der Waals surface area contributed by atoms with Gasteiger partial charge in [0.1, 0.15) is 10.6 Å². The minimum atomic E-state index is -5.00. The van der Waals surface area contributed by atoms with Crippen LogP contribution in [0.15, 0.2) is 47.4 Å². The highest BCUT2D eigenvalue weighted by Gasteiger charge is 2.32. The summed E-state index contributed by atoms with van der Waals surface area (Å²) in [6.45, 7) is 1.56. The lowest BCUT2D eigenvalue weighted by atomic mass is 10.2. The molecule has 0 atom stereocenters. The standard InChI is InChI=1S/C14H10F3NO6S/c1-9-5-6-13(12(7-9)18(19)20)24-25(21,22)11-4-2-3-10(8-11)23-14(15,16)17/h2-8H,1H3. The summed E-state index contributed by atoms with van der Waals surface area (Å²) in [5.74, 6) is -1.33. The molecular weight excluding hydrogens is 367 g/mol. The Morgan fingerprint density at radius 2 is 1.80 bits per heavy atom. The normalized spacial score (nSPS) is 11.8. The van der Waals surface area contributed by atoms with Gasteiger partial charge in [-0.3, -0.25) is 10.1 Å². The van der Waals surface area contributed by atoms with Crippen molar-refractivity contribution < 1.29 is 35.4 Å². The summed E-state index contributed by atoms with van der Waals surface area (Å²) >= 11 is 0. The fraction of sp³-hybridized carbons (Fsp3) is 0.143. The molecule has 0 N–H and O–H groups in total. The van der Waals surface area contributed by atoms with Crippen molar-refractivity contribution in [3.05, 3.63) is 58.1 Å². The van der Waals surface area contributed by atoms with Crippen LogP contribution in [0.4, 0.5) is 18.9 Å². The molecule has 0 unspecified atom stereocenters. The lowest BCUT2D eigenvalue weighted by molar-refractivity contribution is -0.385. The Morgan fingerprint density at radius 3 is 2.40 bits per heavy atom. The summed E-state index contributed by atoms with van der Waals surface area (Å²) < 4.78 is 69.4. The van der Waals surface area contributed by atoms with Gasteiger partial charge in [-0.2, -0.15) is 8.42 Å². The fourth-order valence-corrected chi connectivity index (χ4v) is 2.81. The highest BCUT2D eigenvalue weighted by Crippen LogP contribution is 2.31. The third-order valence-corrected chi connectivity index (χ3v) is 4.07. The molecule has 0 radical (unpaired) electrons. The molecule has 11 heteroatoms. The van der Waals surface area contributed by atoms with Gasteiger partial charge in [0.05, 0.1) is 4.92 Å². The van der Waals surface area contributed by atoms with Crippen molar-refractivity contribution in [2.24, 2.45) is 0 Å². The van der Waals surface area contributed by atoms with Gasteiger partial charge >= 0.3 is 22.2 Å². The zero-order valence-electron chi connectivity index (χ0n) is 12.5. The lowest BCUT2D eigenvalue weighted by Gasteiger charge is -2.11. The number of halogens is 3. The van der Waals surface area contributed by atoms with Crippen molar-refractivity contribution in [1.82, 2.24) is 0 Å². The molecule has 0 saturated carbocycles. The lowest BCUT2D eigenvalue weighted by Crippen LogP contribution is -2.17. The quantitative estimate of drug-likeness (QED) is 0.449. The Hall–Kier alpha value is -2.82. The van der Waals surface area contributed by atoms with Gasteiger partial charge in [0.2, 0.25) is 5.75 Å². The van der Waals surface area contributed by atoms with Gasteiger partial charge in [-0.1, -0.05) is 12.1 Å². The average molecular weight is 377 g/mol. The van der Waals surface area contributed by atoms with Crippen LogP contribution in [0.2, 0.25) is 0 Å². The number of nitro groups is 1. The minimum Gasteiger partial charge on any atom is -0.406 e. The van der Waals surface area contributed by atoms with E-state index in [4.69, 9.17) is 4.18 Å². The summed E-state index contributed by atoms with van der Waals surface area (Å²) in [5, 5.41) is 11.0. The van der Waals surface area contributed by atoms with E-state index in [-0.39, 0.29) is 0 Å². The fourth-order valence-electron chi connectivity index (χ4n) is 1.83. The van der Waals surface area contributed by atoms with Crippen molar-refractivity contribution in [2.45, 2.75) is 18.2 Å². The Kier molecular flexibility index (Phi) is 4.88. The van der Waals surface area contributed by atoms with Gasteiger partial charge in [-0.15, -0.1) is 13.2 Å². The second-order valence-corrected chi connectivity index (χ2v) is 6.33. The minimum absolute atomic E-state index is 0.497. The van der Waals surface area contributed by atoms with Crippen molar-refractivity contribution in [1.29, 1.82) is 0 Å². The van der Waals surface area contributed by atoms with E-state index in [1.165, 1.54) is 6.07 Å². The Labute approximate surface area is 139 Å². The van der Waals surface area contributed by atoms with E-state index in [0.717, 1.165) is 30.3 Å². The number of aryl methyl sites for hydroxylation is 1. The van der Waals surface area contributed by atoms with E-state index in [2.05, 4.69) is 4.74 Å². The van der Waals surface area contributed by atoms with Gasteiger partial charge in [0.15, 0.2) is 0 Å². The molecule has 0 aliphatic carbocycles. The Morgan fingerprint density at radius 1 is 1.12 bits per heavy atom. The first-order chi connectivity index (χ1) is 11.5. The molecule has 0 bridgehead atoms. The third kappa shape index (κ3) is 4.83. The van der Waals surface area contributed by atoms with Gasteiger partial charge < -0.3 is 8.92 Å². The zero-order chi connectivity index (χ0) is 18.8. The van der Waals surface area contributed by atoms with Gasteiger partial charge in [-0.25, -0.2) is 0 Å². The number of hydrogen-bond donors (Lipinski definition) is 0. The van der Waals surface area contributed by atoms with Gasteiger partial charge in [-0.05, 0) is 30.7 Å². The molecule has 0 spiro atoms. The Bertz CT molecular complexity index is 911. The first-order valence-corrected chi connectivity index (χ1v) is 7.94. The molecule has 2 aromatic carbocycles. The van der Waals surface area contributed by atoms with Gasteiger partial charge in [0.25, 0.3) is 0 Å². The summed E-state index contributed by atoms with van der Waals surface area (Å²) in [4.78, 5) is 9.51. The predicted octanol–water partition coefficient (Wildman–Crippen LogP) is 3.57. The van der Waals surface area contributed by atoms with Crippen LogP contribution in [0.5, 0.6) is 11.5 Å². The van der Waals surface area contributed by atoms with E-state index < -0.39 is 43.5 Å². The molecular formula is C14H10F3NO6S. The van der Waals surface area contributed by atoms with Crippen LogP contribution in [-0.4, -0.2) is 19.7 Å². The van der Waals surface area contributed by atoms with Crippen LogP contribution in [0.25, 0.3) is 0 Å². The van der Waals surface area contributed by atoms with Crippen LogP contribution >= 0.6 is 0 Å². The molecule has 0 aromatic heterocycles. The molecule has 25 heavy (non-hydrogen) atoms. The summed E-state index contributed by atoms with van der Waals surface area (Å²) in [5.41, 5.74) is -0.0942. The average Bonchev–Trinajstić information content (AvgIpc) is 2.47. The van der Waals surface area contributed by atoms with Crippen molar-refractivity contribution in [3.8, 4) is 11.5 Å². The summed E-state index contributed by atoms with van der Waals surface area (Å²) in [6, 6.07) is 7.07. The molecule has 7 nitrogen and oxygen atoms in total. The van der Waals surface area contributed by atoms with Crippen molar-refractivity contribution in [3.63, 3.8) is 0 Å². The van der Waals surface area contributed by atoms with Crippen LogP contribution in [0, 0.1) is 17.0 Å². The largest absolute Gasteiger partial charge is 0.573 e. The van der Waals surface area contributed by atoms with Crippen LogP contribution in [0.1, 0.15) is 5.56 Å². The summed E-state index contributed by atoms with van der Waals surface area (Å²) in [7, 11) is -4.61. The van der Waals surface area contributed by atoms with Crippen LogP contribution in [0.3, 0.4) is 0 Å². The molecule has 0 heterocycles. The first kappa shape index (κ1) is 18.5. The highest BCUT2D eigenvalue weighted by molar-refractivity contribution is 7.87. The molecule has 0 aliphatic rings. The smallest absolute Gasteiger partial charge is 0.406 e. The number of benzene rings is 2. The number of nitrogens with zero attached hydrogens (tertiary/aromatic N) is 1. The molecule has 134 valence electrons. The molecule has 2 rings (SSSR count). The SMILES string of the molecule is Cc1ccc(OS(=O)(=O)c2cccc(OC(F)(F)F)c2)c([N+](=O)[O-])c1. The first-order valence-electron chi connectivity index (χ1n) is 6.53. The molecule has 2 aromatic rings. The number of rotatable bonds is 5. The van der Waals surface area contributed by atoms with Gasteiger partial charge in [0, 0.05) is 12.1 Å². The molecule has 0 aliphatic heterocycles.